The number of nitrogen functional groups attached to an aromatic ring is 1. The van der Waals surface area contributed by atoms with Crippen molar-refractivity contribution < 1.29 is 4.39 Å². The molecule has 0 radical (unpaired) electrons. The Morgan fingerprint density at radius 2 is 1.88 bits per heavy atom. The topological polar surface area (TPSA) is 26.0 Å². The molecule has 0 fully saturated rings. The summed E-state index contributed by atoms with van der Waals surface area (Å²) in [7, 11) is 0. The normalized spacial score (nSPS) is 10.4. The fourth-order valence-electron chi connectivity index (χ4n) is 1.65. The van der Waals surface area contributed by atoms with Gasteiger partial charge in [0.1, 0.15) is 5.82 Å². The predicted molar refractivity (Wildman–Crippen MR) is 66.0 cm³/mol. The smallest absolute Gasteiger partial charge is 0.123 e. The molecule has 16 heavy (non-hydrogen) atoms. The van der Waals surface area contributed by atoms with Gasteiger partial charge in [-0.15, -0.1) is 0 Å². The van der Waals surface area contributed by atoms with Crippen LogP contribution in [0.15, 0.2) is 36.4 Å². The van der Waals surface area contributed by atoms with Crippen LogP contribution in [-0.2, 0) is 0 Å². The summed E-state index contributed by atoms with van der Waals surface area (Å²) in [5, 5.41) is 0.523. The molecule has 0 amide bonds. The van der Waals surface area contributed by atoms with E-state index in [1.165, 1.54) is 12.1 Å². The molecule has 0 saturated heterocycles. The Bertz CT molecular complexity index is 537. The summed E-state index contributed by atoms with van der Waals surface area (Å²) in [5.41, 5.74) is 8.94. The first-order valence-corrected chi connectivity index (χ1v) is 5.28. The van der Waals surface area contributed by atoms with Gasteiger partial charge >= 0.3 is 0 Å². The van der Waals surface area contributed by atoms with Gasteiger partial charge in [-0.3, -0.25) is 0 Å². The van der Waals surface area contributed by atoms with Crippen molar-refractivity contribution in [3.63, 3.8) is 0 Å². The van der Waals surface area contributed by atoms with Crippen LogP contribution in [0.4, 0.5) is 10.1 Å². The van der Waals surface area contributed by atoms with Crippen LogP contribution in [0.3, 0.4) is 0 Å². The van der Waals surface area contributed by atoms with Crippen LogP contribution in [-0.4, -0.2) is 0 Å². The van der Waals surface area contributed by atoms with Crippen LogP contribution in [0.2, 0.25) is 5.02 Å². The first-order chi connectivity index (χ1) is 7.59. The highest BCUT2D eigenvalue weighted by molar-refractivity contribution is 6.33. The van der Waals surface area contributed by atoms with Gasteiger partial charge in [-0.25, -0.2) is 4.39 Å². The van der Waals surface area contributed by atoms with E-state index < -0.39 is 0 Å². The van der Waals surface area contributed by atoms with E-state index >= 15 is 0 Å². The van der Waals surface area contributed by atoms with E-state index in [2.05, 4.69) is 0 Å². The number of nitrogens with two attached hydrogens (primary N) is 1. The molecule has 0 heterocycles. The van der Waals surface area contributed by atoms with E-state index in [0.717, 1.165) is 11.1 Å². The van der Waals surface area contributed by atoms with Crippen molar-refractivity contribution in [2.24, 2.45) is 0 Å². The molecule has 2 rings (SSSR count). The minimum Gasteiger partial charge on any atom is -0.398 e. The summed E-state index contributed by atoms with van der Waals surface area (Å²) >= 11 is 6.05. The highest BCUT2D eigenvalue weighted by Gasteiger charge is 2.08. The molecule has 0 saturated carbocycles. The van der Waals surface area contributed by atoms with E-state index in [4.69, 9.17) is 17.3 Å². The molecule has 0 bridgehead atoms. The molecule has 2 aromatic rings. The molecular weight excluding hydrogens is 225 g/mol. The Labute approximate surface area is 98.7 Å². The molecule has 0 aliphatic carbocycles. The van der Waals surface area contributed by atoms with E-state index in [1.807, 2.05) is 25.1 Å². The minimum absolute atomic E-state index is 0.304. The molecule has 0 unspecified atom stereocenters. The second-order valence-electron chi connectivity index (χ2n) is 3.64. The third kappa shape index (κ3) is 1.89. The van der Waals surface area contributed by atoms with Gasteiger partial charge in [0.15, 0.2) is 0 Å². The zero-order valence-corrected chi connectivity index (χ0v) is 9.55. The van der Waals surface area contributed by atoms with Crippen molar-refractivity contribution >= 4 is 17.3 Å². The van der Waals surface area contributed by atoms with Crippen molar-refractivity contribution in [1.82, 2.24) is 0 Å². The molecule has 0 spiro atoms. The van der Waals surface area contributed by atoms with Crippen molar-refractivity contribution in [1.29, 1.82) is 0 Å². The zero-order valence-electron chi connectivity index (χ0n) is 8.80. The lowest BCUT2D eigenvalue weighted by Gasteiger charge is -2.10. The average Bonchev–Trinajstić information content (AvgIpc) is 2.26. The maximum absolute atomic E-state index is 13.2. The maximum atomic E-state index is 13.2. The van der Waals surface area contributed by atoms with Crippen LogP contribution < -0.4 is 5.73 Å². The van der Waals surface area contributed by atoms with E-state index in [-0.39, 0.29) is 5.82 Å². The summed E-state index contributed by atoms with van der Waals surface area (Å²) in [6.45, 7) is 1.89. The zero-order chi connectivity index (χ0) is 11.7. The van der Waals surface area contributed by atoms with Crippen LogP contribution in [0, 0.1) is 12.7 Å². The quantitative estimate of drug-likeness (QED) is 0.742. The lowest BCUT2D eigenvalue weighted by atomic mass is 9.99. The number of halogens is 2. The largest absolute Gasteiger partial charge is 0.398 e. The Morgan fingerprint density at radius 1 is 1.12 bits per heavy atom. The molecule has 1 nitrogen and oxygen atoms in total. The van der Waals surface area contributed by atoms with Gasteiger partial charge in [0.2, 0.25) is 0 Å². The van der Waals surface area contributed by atoms with Crippen LogP contribution >= 0.6 is 11.6 Å². The lowest BCUT2D eigenvalue weighted by Crippen LogP contribution is -1.92. The fraction of sp³-hybridized carbons (Fsp3) is 0.0769. The lowest BCUT2D eigenvalue weighted by molar-refractivity contribution is 0.628. The van der Waals surface area contributed by atoms with Crippen molar-refractivity contribution in [2.75, 3.05) is 5.73 Å². The number of rotatable bonds is 1. The Hall–Kier alpha value is -1.54. The number of anilines is 1. The van der Waals surface area contributed by atoms with Crippen LogP contribution in [0.5, 0.6) is 0 Å². The molecule has 3 heteroatoms. The average molecular weight is 236 g/mol. The Kier molecular flexibility index (Phi) is 2.84. The second kappa shape index (κ2) is 4.14. The summed E-state index contributed by atoms with van der Waals surface area (Å²) in [6, 6.07) is 9.84. The number of benzene rings is 2. The van der Waals surface area contributed by atoms with Gasteiger partial charge in [-0.05, 0) is 42.3 Å². The Balaban J connectivity index is 2.67. The van der Waals surface area contributed by atoms with Gasteiger partial charge in [0.05, 0.1) is 0 Å². The molecule has 82 valence electrons. The molecule has 0 aliphatic rings. The number of hydrogen-bond donors (Lipinski definition) is 1. The standard InChI is InChI=1S/C13H11ClFN/c1-8-10(3-2-4-13(8)16)11-7-9(15)5-6-12(11)14/h2-7H,16H2,1H3. The highest BCUT2D eigenvalue weighted by atomic mass is 35.5. The maximum Gasteiger partial charge on any atom is 0.123 e. The molecule has 2 N–H and O–H groups in total. The van der Waals surface area contributed by atoms with E-state index in [0.29, 0.717) is 16.3 Å². The van der Waals surface area contributed by atoms with Gasteiger partial charge in [-0.2, -0.15) is 0 Å². The van der Waals surface area contributed by atoms with Crippen molar-refractivity contribution in [2.45, 2.75) is 6.92 Å². The molecule has 0 aromatic heterocycles. The third-order valence-electron chi connectivity index (χ3n) is 2.59. The minimum atomic E-state index is -0.304. The van der Waals surface area contributed by atoms with Gasteiger partial charge in [0.25, 0.3) is 0 Å². The second-order valence-corrected chi connectivity index (χ2v) is 4.05. The molecular formula is C13H11ClFN. The summed E-state index contributed by atoms with van der Waals surface area (Å²) < 4.78 is 13.2. The van der Waals surface area contributed by atoms with E-state index in [1.54, 1.807) is 6.07 Å². The SMILES string of the molecule is Cc1c(N)cccc1-c1cc(F)ccc1Cl. The van der Waals surface area contributed by atoms with E-state index in [9.17, 15) is 4.39 Å². The highest BCUT2D eigenvalue weighted by Crippen LogP contribution is 2.32. The van der Waals surface area contributed by atoms with Gasteiger partial charge in [0, 0.05) is 16.3 Å². The number of hydrogen-bond acceptors (Lipinski definition) is 1. The molecule has 2 aromatic carbocycles. The van der Waals surface area contributed by atoms with Crippen LogP contribution in [0.1, 0.15) is 5.56 Å². The fourth-order valence-corrected chi connectivity index (χ4v) is 1.87. The molecule has 0 aliphatic heterocycles. The molecule has 0 atom stereocenters. The summed E-state index contributed by atoms with van der Waals surface area (Å²) in [5.74, 6) is -0.304. The first-order valence-electron chi connectivity index (χ1n) is 4.90. The van der Waals surface area contributed by atoms with Crippen LogP contribution in [0.25, 0.3) is 11.1 Å². The van der Waals surface area contributed by atoms with Gasteiger partial charge < -0.3 is 5.73 Å². The van der Waals surface area contributed by atoms with Crippen molar-refractivity contribution in [3.05, 3.63) is 52.8 Å². The monoisotopic (exact) mass is 235 g/mol. The Morgan fingerprint density at radius 3 is 2.62 bits per heavy atom. The first kappa shape index (κ1) is 11.0. The third-order valence-corrected chi connectivity index (χ3v) is 2.92. The summed E-state index contributed by atoms with van der Waals surface area (Å²) in [6.07, 6.45) is 0. The predicted octanol–water partition coefficient (Wildman–Crippen LogP) is 4.04. The van der Waals surface area contributed by atoms with Gasteiger partial charge in [-0.1, -0.05) is 23.7 Å². The summed E-state index contributed by atoms with van der Waals surface area (Å²) in [4.78, 5) is 0. The van der Waals surface area contributed by atoms with Crippen molar-refractivity contribution in [3.8, 4) is 11.1 Å².